The van der Waals surface area contributed by atoms with Gasteiger partial charge in [-0.05, 0) is 43.2 Å². The van der Waals surface area contributed by atoms with Gasteiger partial charge in [0.2, 0.25) is 5.91 Å². The van der Waals surface area contributed by atoms with Gasteiger partial charge in [0.1, 0.15) is 16.9 Å². The zero-order valence-corrected chi connectivity index (χ0v) is 18.6. The summed E-state index contributed by atoms with van der Waals surface area (Å²) in [5.41, 5.74) is 2.92. The van der Waals surface area contributed by atoms with E-state index in [4.69, 9.17) is 0 Å². The molecule has 6 nitrogen and oxygen atoms in total. The zero-order valence-electron chi connectivity index (χ0n) is 17.0. The third kappa shape index (κ3) is 4.42. The number of nitriles is 1. The Bertz CT molecular complexity index is 1100. The minimum absolute atomic E-state index is 0.130. The Balaban J connectivity index is 1.42. The number of nitrogens with zero attached hydrogens (tertiary/aromatic N) is 4. The van der Waals surface area contributed by atoms with Crippen LogP contribution in [0.5, 0.6) is 0 Å². The number of aromatic nitrogens is 3. The predicted molar refractivity (Wildman–Crippen MR) is 120 cm³/mol. The molecule has 2 heterocycles. The number of aryl methyl sites for hydroxylation is 1. The Kier molecular flexibility index (Phi) is 6.21. The largest absolute Gasteiger partial charge is 0.316 e. The molecular formula is C22H23N5OS2. The van der Waals surface area contributed by atoms with Crippen LogP contribution in [0.2, 0.25) is 0 Å². The molecule has 1 aliphatic carbocycles. The maximum Gasteiger partial charge on any atom is 0.235 e. The van der Waals surface area contributed by atoms with Gasteiger partial charge in [0.05, 0.1) is 17.9 Å². The summed E-state index contributed by atoms with van der Waals surface area (Å²) >= 11 is 2.91. The Labute approximate surface area is 184 Å². The van der Waals surface area contributed by atoms with Crippen molar-refractivity contribution in [2.75, 3.05) is 11.1 Å². The number of nitrogens with one attached hydrogen (secondary N) is 1. The number of benzene rings is 1. The Morgan fingerprint density at radius 3 is 2.93 bits per heavy atom. The molecular weight excluding hydrogens is 414 g/mol. The smallest absolute Gasteiger partial charge is 0.235 e. The van der Waals surface area contributed by atoms with Gasteiger partial charge >= 0.3 is 0 Å². The van der Waals surface area contributed by atoms with Crippen molar-refractivity contribution in [3.63, 3.8) is 0 Å². The van der Waals surface area contributed by atoms with Crippen LogP contribution in [-0.4, -0.2) is 26.4 Å². The molecule has 0 aliphatic heterocycles. The molecule has 1 amide bonds. The third-order valence-electron chi connectivity index (χ3n) is 5.29. The van der Waals surface area contributed by atoms with Gasteiger partial charge < -0.3 is 9.88 Å². The highest BCUT2D eigenvalue weighted by atomic mass is 32.2. The van der Waals surface area contributed by atoms with Crippen LogP contribution in [0.3, 0.4) is 0 Å². The molecule has 3 aromatic rings. The van der Waals surface area contributed by atoms with Crippen LogP contribution in [0, 0.1) is 24.2 Å². The number of thiophene rings is 1. The van der Waals surface area contributed by atoms with Crippen molar-refractivity contribution < 1.29 is 4.79 Å². The van der Waals surface area contributed by atoms with E-state index in [-0.39, 0.29) is 11.7 Å². The second kappa shape index (κ2) is 9.02. The molecule has 0 saturated carbocycles. The zero-order chi connectivity index (χ0) is 21.1. The molecule has 1 atom stereocenters. The summed E-state index contributed by atoms with van der Waals surface area (Å²) in [4.78, 5) is 13.9. The first-order valence-corrected chi connectivity index (χ1v) is 11.8. The first kappa shape index (κ1) is 20.6. The van der Waals surface area contributed by atoms with Gasteiger partial charge in [-0.3, -0.25) is 4.79 Å². The molecule has 8 heteroatoms. The lowest BCUT2D eigenvalue weighted by molar-refractivity contribution is -0.113. The van der Waals surface area contributed by atoms with Gasteiger partial charge in [0.25, 0.3) is 0 Å². The average Bonchev–Trinajstić information content (AvgIpc) is 3.26. The molecule has 2 aromatic heterocycles. The second-order valence-corrected chi connectivity index (χ2v) is 9.65. The van der Waals surface area contributed by atoms with Crippen LogP contribution in [0.4, 0.5) is 5.00 Å². The standard InChI is InChI=1S/C22H23N5OS2/c1-14-8-9-17-18(11-23)21(30-19(17)10-14)24-20(28)13-29-22-26-25-15(2)27(22)12-16-6-4-3-5-7-16/h3-7,14H,8-10,12-13H2,1-2H3,(H,24,28). The molecule has 0 radical (unpaired) electrons. The van der Waals surface area contributed by atoms with E-state index in [1.165, 1.54) is 16.6 Å². The summed E-state index contributed by atoms with van der Waals surface area (Å²) in [6.07, 6.45) is 3.00. The maximum atomic E-state index is 12.6. The summed E-state index contributed by atoms with van der Waals surface area (Å²) in [6, 6.07) is 12.4. The topological polar surface area (TPSA) is 83.6 Å². The fraction of sp³-hybridized carbons (Fsp3) is 0.364. The summed E-state index contributed by atoms with van der Waals surface area (Å²) in [5, 5.41) is 22.4. The minimum Gasteiger partial charge on any atom is -0.316 e. The lowest BCUT2D eigenvalue weighted by Crippen LogP contribution is -2.15. The molecule has 1 unspecified atom stereocenters. The summed E-state index contributed by atoms with van der Waals surface area (Å²) in [5.74, 6) is 1.53. The second-order valence-electron chi connectivity index (χ2n) is 7.61. The number of fused-ring (bicyclic) bond motifs is 1. The summed E-state index contributed by atoms with van der Waals surface area (Å²) in [7, 11) is 0. The monoisotopic (exact) mass is 437 g/mol. The first-order chi connectivity index (χ1) is 14.5. The predicted octanol–water partition coefficient (Wildman–Crippen LogP) is 4.42. The SMILES string of the molecule is Cc1nnc(SCC(=O)Nc2sc3c(c2C#N)CCC(C)C3)n1Cc1ccccc1. The summed E-state index contributed by atoms with van der Waals surface area (Å²) < 4.78 is 2.01. The maximum absolute atomic E-state index is 12.6. The van der Waals surface area contributed by atoms with E-state index in [0.29, 0.717) is 28.2 Å². The fourth-order valence-electron chi connectivity index (χ4n) is 3.67. The van der Waals surface area contributed by atoms with Crippen molar-refractivity contribution in [1.29, 1.82) is 5.26 Å². The van der Waals surface area contributed by atoms with Crippen molar-refractivity contribution in [2.24, 2.45) is 5.92 Å². The van der Waals surface area contributed by atoms with E-state index in [9.17, 15) is 10.1 Å². The molecule has 0 saturated heterocycles. The van der Waals surface area contributed by atoms with Crippen LogP contribution in [0.1, 0.15) is 40.7 Å². The van der Waals surface area contributed by atoms with Gasteiger partial charge in [-0.25, -0.2) is 0 Å². The molecule has 1 aliphatic rings. The molecule has 0 spiro atoms. The van der Waals surface area contributed by atoms with Crippen LogP contribution < -0.4 is 5.32 Å². The van der Waals surface area contributed by atoms with E-state index in [2.05, 4.69) is 40.6 Å². The number of carbonyl (C=O) groups is 1. The Morgan fingerprint density at radius 2 is 2.17 bits per heavy atom. The number of hydrogen-bond acceptors (Lipinski definition) is 6. The lowest BCUT2D eigenvalue weighted by atomic mass is 9.89. The van der Waals surface area contributed by atoms with Crippen LogP contribution in [-0.2, 0) is 24.2 Å². The van der Waals surface area contributed by atoms with Crippen molar-refractivity contribution in [1.82, 2.24) is 14.8 Å². The van der Waals surface area contributed by atoms with Crippen LogP contribution in [0.15, 0.2) is 35.5 Å². The van der Waals surface area contributed by atoms with E-state index in [1.807, 2.05) is 29.7 Å². The molecule has 1 aromatic carbocycles. The minimum atomic E-state index is -0.130. The highest BCUT2D eigenvalue weighted by Gasteiger charge is 2.24. The lowest BCUT2D eigenvalue weighted by Gasteiger charge is -2.17. The quantitative estimate of drug-likeness (QED) is 0.577. The Morgan fingerprint density at radius 1 is 1.37 bits per heavy atom. The van der Waals surface area contributed by atoms with Gasteiger partial charge in [0, 0.05) is 4.88 Å². The van der Waals surface area contributed by atoms with E-state index in [0.717, 1.165) is 36.2 Å². The Hall–Kier alpha value is -2.63. The van der Waals surface area contributed by atoms with Crippen LogP contribution >= 0.6 is 23.1 Å². The third-order valence-corrected chi connectivity index (χ3v) is 7.43. The number of hydrogen-bond donors (Lipinski definition) is 1. The molecule has 154 valence electrons. The molecule has 0 fully saturated rings. The van der Waals surface area contributed by atoms with Crippen LogP contribution in [0.25, 0.3) is 0 Å². The van der Waals surface area contributed by atoms with E-state index in [1.54, 1.807) is 11.3 Å². The highest BCUT2D eigenvalue weighted by Crippen LogP contribution is 2.39. The normalized spacial score (nSPS) is 15.4. The fourth-order valence-corrected chi connectivity index (χ4v) is 5.83. The molecule has 1 N–H and O–H groups in total. The number of anilines is 1. The molecule has 0 bridgehead atoms. The van der Waals surface area contributed by atoms with Crippen molar-refractivity contribution in [2.45, 2.75) is 44.8 Å². The van der Waals surface area contributed by atoms with Gasteiger partial charge in [-0.15, -0.1) is 21.5 Å². The van der Waals surface area contributed by atoms with E-state index >= 15 is 0 Å². The number of amides is 1. The van der Waals surface area contributed by atoms with Crippen molar-refractivity contribution >= 4 is 34.0 Å². The number of thioether (sulfide) groups is 1. The highest BCUT2D eigenvalue weighted by molar-refractivity contribution is 7.99. The van der Waals surface area contributed by atoms with Gasteiger partial charge in [0.15, 0.2) is 5.16 Å². The number of carbonyl (C=O) groups excluding carboxylic acids is 1. The number of rotatable bonds is 6. The van der Waals surface area contributed by atoms with Gasteiger partial charge in [-0.1, -0.05) is 49.0 Å². The van der Waals surface area contributed by atoms with Crippen molar-refractivity contribution in [3.8, 4) is 6.07 Å². The van der Waals surface area contributed by atoms with E-state index < -0.39 is 0 Å². The first-order valence-electron chi connectivity index (χ1n) is 9.96. The molecule has 30 heavy (non-hydrogen) atoms. The van der Waals surface area contributed by atoms with Crippen molar-refractivity contribution in [3.05, 3.63) is 57.7 Å². The summed E-state index contributed by atoms with van der Waals surface area (Å²) in [6.45, 7) is 4.81. The van der Waals surface area contributed by atoms with Gasteiger partial charge in [-0.2, -0.15) is 5.26 Å². The average molecular weight is 438 g/mol. The molecule has 4 rings (SSSR count).